The Morgan fingerprint density at radius 1 is 1.26 bits per heavy atom. The van der Waals surface area contributed by atoms with Crippen molar-refractivity contribution in [3.8, 4) is 0 Å². The SMILES string of the molecule is CC(O)CCN(C)Cc1cc(F)cc(C(F)(F)F)c1. The van der Waals surface area contributed by atoms with Crippen LogP contribution in [0.3, 0.4) is 0 Å². The van der Waals surface area contributed by atoms with E-state index in [1.54, 1.807) is 18.9 Å². The lowest BCUT2D eigenvalue weighted by atomic mass is 10.1. The van der Waals surface area contributed by atoms with Crippen LogP contribution >= 0.6 is 0 Å². The number of nitrogens with zero attached hydrogens (tertiary/aromatic N) is 1. The number of aliphatic hydroxyl groups excluding tert-OH is 1. The van der Waals surface area contributed by atoms with Crippen molar-refractivity contribution in [1.82, 2.24) is 4.90 Å². The fourth-order valence-electron chi connectivity index (χ4n) is 1.70. The third-order valence-corrected chi connectivity index (χ3v) is 2.67. The number of hydrogen-bond donors (Lipinski definition) is 1. The van der Waals surface area contributed by atoms with Gasteiger partial charge < -0.3 is 10.0 Å². The molecule has 2 nitrogen and oxygen atoms in total. The van der Waals surface area contributed by atoms with Crippen molar-refractivity contribution < 1.29 is 22.7 Å². The molecule has 1 N–H and O–H groups in total. The van der Waals surface area contributed by atoms with Crippen molar-refractivity contribution in [2.45, 2.75) is 32.2 Å². The van der Waals surface area contributed by atoms with Crippen LogP contribution in [0.4, 0.5) is 17.6 Å². The van der Waals surface area contributed by atoms with E-state index in [-0.39, 0.29) is 12.1 Å². The van der Waals surface area contributed by atoms with Gasteiger partial charge >= 0.3 is 6.18 Å². The van der Waals surface area contributed by atoms with Gasteiger partial charge in [-0.3, -0.25) is 0 Å². The molecule has 0 fully saturated rings. The number of rotatable bonds is 5. The van der Waals surface area contributed by atoms with Gasteiger partial charge in [-0.15, -0.1) is 0 Å². The Balaban J connectivity index is 2.76. The molecule has 0 aliphatic rings. The summed E-state index contributed by atoms with van der Waals surface area (Å²) in [5.41, 5.74) is -0.716. The van der Waals surface area contributed by atoms with Gasteiger partial charge in [-0.1, -0.05) is 0 Å². The maximum atomic E-state index is 13.2. The summed E-state index contributed by atoms with van der Waals surface area (Å²) in [6, 6.07) is 2.52. The van der Waals surface area contributed by atoms with Gasteiger partial charge in [-0.25, -0.2) is 4.39 Å². The highest BCUT2D eigenvalue weighted by molar-refractivity contribution is 5.26. The van der Waals surface area contributed by atoms with Crippen LogP contribution in [0.1, 0.15) is 24.5 Å². The van der Waals surface area contributed by atoms with Gasteiger partial charge in [0.25, 0.3) is 0 Å². The smallest absolute Gasteiger partial charge is 0.393 e. The first-order valence-electron chi connectivity index (χ1n) is 5.91. The van der Waals surface area contributed by atoms with E-state index >= 15 is 0 Å². The molecule has 0 spiro atoms. The fraction of sp³-hybridized carbons (Fsp3) is 0.538. The molecular weight excluding hydrogens is 262 g/mol. The van der Waals surface area contributed by atoms with Crippen LogP contribution in [0.2, 0.25) is 0 Å². The van der Waals surface area contributed by atoms with E-state index < -0.39 is 23.7 Å². The van der Waals surface area contributed by atoms with Crippen molar-refractivity contribution in [3.63, 3.8) is 0 Å². The lowest BCUT2D eigenvalue weighted by molar-refractivity contribution is -0.137. The molecule has 0 saturated carbocycles. The molecule has 0 radical (unpaired) electrons. The van der Waals surface area contributed by atoms with E-state index in [4.69, 9.17) is 5.11 Å². The number of alkyl halides is 3. The molecule has 0 bridgehead atoms. The third-order valence-electron chi connectivity index (χ3n) is 2.67. The van der Waals surface area contributed by atoms with Gasteiger partial charge in [-0.2, -0.15) is 13.2 Å². The molecule has 1 unspecified atom stereocenters. The Kier molecular flexibility index (Phi) is 5.31. The Morgan fingerprint density at radius 2 is 1.89 bits per heavy atom. The lowest BCUT2D eigenvalue weighted by Gasteiger charge is -2.18. The molecule has 1 atom stereocenters. The summed E-state index contributed by atoms with van der Waals surface area (Å²) >= 11 is 0. The van der Waals surface area contributed by atoms with Gasteiger partial charge in [0.05, 0.1) is 11.7 Å². The van der Waals surface area contributed by atoms with Crippen molar-refractivity contribution in [2.24, 2.45) is 0 Å². The Hall–Kier alpha value is -1.14. The number of halogens is 4. The summed E-state index contributed by atoms with van der Waals surface area (Å²) in [5.74, 6) is -0.895. The van der Waals surface area contributed by atoms with Crippen LogP contribution in [0.15, 0.2) is 18.2 Å². The molecule has 19 heavy (non-hydrogen) atoms. The van der Waals surface area contributed by atoms with E-state index in [2.05, 4.69) is 0 Å². The zero-order valence-corrected chi connectivity index (χ0v) is 10.8. The molecule has 0 heterocycles. The first kappa shape index (κ1) is 15.9. The second-order valence-corrected chi connectivity index (χ2v) is 4.72. The van der Waals surface area contributed by atoms with E-state index in [0.717, 1.165) is 12.1 Å². The molecule has 1 aromatic rings. The van der Waals surface area contributed by atoms with Crippen LogP contribution in [-0.2, 0) is 12.7 Å². The monoisotopic (exact) mass is 279 g/mol. The van der Waals surface area contributed by atoms with Crippen LogP contribution in [-0.4, -0.2) is 29.7 Å². The minimum absolute atomic E-state index is 0.202. The molecule has 6 heteroatoms. The molecule has 0 aromatic heterocycles. The topological polar surface area (TPSA) is 23.5 Å². The van der Waals surface area contributed by atoms with Gasteiger partial charge in [0.2, 0.25) is 0 Å². The summed E-state index contributed by atoms with van der Waals surface area (Å²) in [6.45, 7) is 2.36. The maximum Gasteiger partial charge on any atom is 0.416 e. The van der Waals surface area contributed by atoms with Crippen LogP contribution in [0.5, 0.6) is 0 Å². The van der Waals surface area contributed by atoms with Crippen LogP contribution in [0.25, 0.3) is 0 Å². The predicted molar refractivity (Wildman–Crippen MR) is 64.0 cm³/mol. The van der Waals surface area contributed by atoms with Crippen LogP contribution in [0, 0.1) is 5.82 Å². The summed E-state index contributed by atoms with van der Waals surface area (Å²) < 4.78 is 50.7. The molecule has 0 saturated heterocycles. The van der Waals surface area contributed by atoms with Gasteiger partial charge in [0.15, 0.2) is 0 Å². The number of benzene rings is 1. The van der Waals surface area contributed by atoms with E-state index in [9.17, 15) is 17.6 Å². The Labute approximate surface area is 109 Å². The zero-order valence-electron chi connectivity index (χ0n) is 10.8. The van der Waals surface area contributed by atoms with E-state index in [0.29, 0.717) is 19.0 Å². The van der Waals surface area contributed by atoms with Gasteiger partial charge in [-0.05, 0) is 44.2 Å². The highest BCUT2D eigenvalue weighted by atomic mass is 19.4. The standard InChI is InChI=1S/C13H17F4NO/c1-9(19)3-4-18(2)8-10-5-11(13(15,16)17)7-12(14)6-10/h5-7,9,19H,3-4,8H2,1-2H3. The first-order chi connectivity index (χ1) is 8.68. The molecule has 1 aromatic carbocycles. The van der Waals surface area contributed by atoms with Crippen molar-refractivity contribution >= 4 is 0 Å². The second-order valence-electron chi connectivity index (χ2n) is 4.72. The van der Waals surface area contributed by atoms with Gasteiger partial charge in [0.1, 0.15) is 5.82 Å². The van der Waals surface area contributed by atoms with Crippen molar-refractivity contribution in [3.05, 3.63) is 35.1 Å². The van der Waals surface area contributed by atoms with Crippen molar-refractivity contribution in [2.75, 3.05) is 13.6 Å². The summed E-state index contributed by atoms with van der Waals surface area (Å²) in [7, 11) is 1.71. The quantitative estimate of drug-likeness (QED) is 0.837. The minimum Gasteiger partial charge on any atom is -0.393 e. The number of hydrogen-bond acceptors (Lipinski definition) is 2. The minimum atomic E-state index is -4.55. The second kappa shape index (κ2) is 6.34. The summed E-state index contributed by atoms with van der Waals surface area (Å²) in [4.78, 5) is 1.74. The molecule has 1 rings (SSSR count). The molecule has 0 amide bonds. The molecule has 108 valence electrons. The van der Waals surface area contributed by atoms with Crippen molar-refractivity contribution in [1.29, 1.82) is 0 Å². The Morgan fingerprint density at radius 3 is 2.42 bits per heavy atom. The highest BCUT2D eigenvalue weighted by Gasteiger charge is 2.31. The first-order valence-corrected chi connectivity index (χ1v) is 5.91. The lowest BCUT2D eigenvalue weighted by Crippen LogP contribution is -2.22. The molecular formula is C13H17F4NO. The van der Waals surface area contributed by atoms with Gasteiger partial charge in [0, 0.05) is 13.1 Å². The highest BCUT2D eigenvalue weighted by Crippen LogP contribution is 2.30. The average molecular weight is 279 g/mol. The van der Waals surface area contributed by atoms with E-state index in [1.165, 1.54) is 0 Å². The Bertz CT molecular complexity index is 418. The molecule has 0 aliphatic heterocycles. The summed E-state index contributed by atoms with van der Waals surface area (Å²) in [5, 5.41) is 9.13. The third kappa shape index (κ3) is 5.57. The average Bonchev–Trinajstić information content (AvgIpc) is 2.24. The molecule has 0 aliphatic carbocycles. The van der Waals surface area contributed by atoms with E-state index in [1.807, 2.05) is 0 Å². The summed E-state index contributed by atoms with van der Waals surface area (Å²) in [6.07, 6.45) is -4.51. The number of aliphatic hydroxyl groups is 1. The maximum absolute atomic E-state index is 13.2. The largest absolute Gasteiger partial charge is 0.416 e. The normalized spacial score (nSPS) is 13.9. The van der Waals surface area contributed by atoms with Crippen LogP contribution < -0.4 is 0 Å². The predicted octanol–water partition coefficient (Wildman–Crippen LogP) is 3.05. The fourth-order valence-corrected chi connectivity index (χ4v) is 1.70. The zero-order chi connectivity index (χ0) is 14.6.